The Labute approximate surface area is 109 Å². The Bertz CT molecular complexity index is 346. The van der Waals surface area contributed by atoms with Crippen molar-refractivity contribution in [3.63, 3.8) is 0 Å². The first kappa shape index (κ1) is 13.4. The van der Waals surface area contributed by atoms with Gasteiger partial charge in [-0.3, -0.25) is 0 Å². The molecule has 2 rings (SSSR count). The summed E-state index contributed by atoms with van der Waals surface area (Å²) in [5.74, 6) is 1.73. The van der Waals surface area contributed by atoms with Crippen LogP contribution in [0.25, 0.3) is 0 Å². The van der Waals surface area contributed by atoms with Crippen LogP contribution in [0.1, 0.15) is 30.9 Å². The van der Waals surface area contributed by atoms with E-state index < -0.39 is 0 Å². The third-order valence-corrected chi connectivity index (χ3v) is 3.46. The quantitative estimate of drug-likeness (QED) is 0.719. The largest absolute Gasteiger partial charge is 0.497 e. The Morgan fingerprint density at radius 3 is 2.50 bits per heavy atom. The summed E-state index contributed by atoms with van der Waals surface area (Å²) in [5, 5.41) is 3.65. The summed E-state index contributed by atoms with van der Waals surface area (Å²) in [6.07, 6.45) is 3.75. The van der Waals surface area contributed by atoms with Crippen molar-refractivity contribution in [3.8, 4) is 5.75 Å². The van der Waals surface area contributed by atoms with E-state index in [-0.39, 0.29) is 0 Å². The molecule has 3 heteroatoms. The number of benzene rings is 1. The van der Waals surface area contributed by atoms with E-state index in [4.69, 9.17) is 9.47 Å². The lowest BCUT2D eigenvalue weighted by molar-refractivity contribution is 0.192. The van der Waals surface area contributed by atoms with Gasteiger partial charge < -0.3 is 14.8 Å². The smallest absolute Gasteiger partial charge is 0.118 e. The third-order valence-electron chi connectivity index (χ3n) is 3.46. The van der Waals surface area contributed by atoms with Crippen molar-refractivity contribution in [3.05, 3.63) is 29.8 Å². The molecular formula is C15H23NO2. The fraction of sp³-hybridized carbons (Fsp3) is 0.600. The van der Waals surface area contributed by atoms with Crippen LogP contribution < -0.4 is 10.1 Å². The number of hydrogen-bond donors (Lipinski definition) is 1. The molecule has 0 aliphatic heterocycles. The maximum atomic E-state index is 5.20. The molecule has 18 heavy (non-hydrogen) atoms. The molecule has 1 fully saturated rings. The molecule has 100 valence electrons. The molecule has 0 radical (unpaired) electrons. The van der Waals surface area contributed by atoms with Crippen molar-refractivity contribution in [2.45, 2.75) is 25.3 Å². The number of hydrogen-bond acceptors (Lipinski definition) is 3. The van der Waals surface area contributed by atoms with Crippen LogP contribution >= 0.6 is 0 Å². The Morgan fingerprint density at radius 2 is 1.94 bits per heavy atom. The van der Waals surface area contributed by atoms with Crippen LogP contribution in [0.3, 0.4) is 0 Å². The summed E-state index contributed by atoms with van der Waals surface area (Å²) in [4.78, 5) is 0. The van der Waals surface area contributed by atoms with E-state index in [9.17, 15) is 0 Å². The average molecular weight is 249 g/mol. The first-order valence-electron chi connectivity index (χ1n) is 6.71. The zero-order valence-electron chi connectivity index (χ0n) is 11.3. The normalized spacial score (nSPS) is 16.6. The highest BCUT2D eigenvalue weighted by Crippen LogP contribution is 2.41. The van der Waals surface area contributed by atoms with Crippen LogP contribution in [0.5, 0.6) is 5.75 Å². The minimum atomic E-state index is 0.493. The minimum absolute atomic E-state index is 0.493. The fourth-order valence-electron chi connectivity index (χ4n) is 2.27. The van der Waals surface area contributed by atoms with Crippen LogP contribution in [0.15, 0.2) is 24.3 Å². The average Bonchev–Trinajstić information content (AvgIpc) is 3.24. The van der Waals surface area contributed by atoms with Gasteiger partial charge in [0.2, 0.25) is 0 Å². The summed E-state index contributed by atoms with van der Waals surface area (Å²) in [6.45, 7) is 1.84. The maximum absolute atomic E-state index is 5.20. The van der Waals surface area contributed by atoms with Crippen LogP contribution in [-0.4, -0.2) is 27.4 Å². The number of nitrogens with one attached hydrogen (secondary N) is 1. The minimum Gasteiger partial charge on any atom is -0.497 e. The predicted octanol–water partition coefficient (Wildman–Crippen LogP) is 2.77. The summed E-state index contributed by atoms with van der Waals surface area (Å²) in [7, 11) is 3.46. The zero-order chi connectivity index (χ0) is 12.8. The van der Waals surface area contributed by atoms with Gasteiger partial charge in [-0.2, -0.15) is 0 Å². The summed E-state index contributed by atoms with van der Waals surface area (Å²) < 4.78 is 10.3. The number of ether oxygens (including phenoxy) is 2. The molecule has 0 aromatic heterocycles. The van der Waals surface area contributed by atoms with Crippen molar-refractivity contribution in [1.82, 2.24) is 5.32 Å². The Kier molecular flexibility index (Phi) is 5.02. The molecular weight excluding hydrogens is 226 g/mol. The fourth-order valence-corrected chi connectivity index (χ4v) is 2.27. The first-order chi connectivity index (χ1) is 8.85. The van der Waals surface area contributed by atoms with E-state index in [0.717, 1.165) is 31.2 Å². The van der Waals surface area contributed by atoms with Gasteiger partial charge in [0.05, 0.1) is 7.11 Å². The van der Waals surface area contributed by atoms with Crippen molar-refractivity contribution < 1.29 is 9.47 Å². The van der Waals surface area contributed by atoms with Gasteiger partial charge >= 0.3 is 0 Å². The molecule has 1 aromatic carbocycles. The van der Waals surface area contributed by atoms with E-state index in [0.29, 0.717) is 6.04 Å². The van der Waals surface area contributed by atoms with E-state index in [2.05, 4.69) is 17.4 Å². The van der Waals surface area contributed by atoms with Gasteiger partial charge in [0.1, 0.15) is 5.75 Å². The molecule has 1 unspecified atom stereocenters. The second-order valence-electron chi connectivity index (χ2n) is 4.89. The summed E-state index contributed by atoms with van der Waals surface area (Å²) in [6, 6.07) is 8.92. The van der Waals surface area contributed by atoms with Gasteiger partial charge in [-0.25, -0.2) is 0 Å². The van der Waals surface area contributed by atoms with Crippen LogP contribution in [-0.2, 0) is 4.74 Å². The first-order valence-corrected chi connectivity index (χ1v) is 6.71. The van der Waals surface area contributed by atoms with Crippen molar-refractivity contribution in [2.24, 2.45) is 5.92 Å². The lowest BCUT2D eigenvalue weighted by atomic mass is 10.0. The van der Waals surface area contributed by atoms with Gasteiger partial charge in [-0.05, 0) is 49.4 Å². The second kappa shape index (κ2) is 6.76. The van der Waals surface area contributed by atoms with E-state index in [1.807, 2.05) is 12.1 Å². The zero-order valence-corrected chi connectivity index (χ0v) is 11.3. The number of methoxy groups -OCH3 is 2. The lowest BCUT2D eigenvalue weighted by Crippen LogP contribution is -2.24. The van der Waals surface area contributed by atoms with Crippen molar-refractivity contribution in [1.29, 1.82) is 0 Å². The summed E-state index contributed by atoms with van der Waals surface area (Å²) >= 11 is 0. The van der Waals surface area contributed by atoms with Crippen LogP contribution in [0.4, 0.5) is 0 Å². The molecule has 1 saturated carbocycles. The summed E-state index contributed by atoms with van der Waals surface area (Å²) in [5.41, 5.74) is 1.37. The molecule has 1 aliphatic carbocycles. The Morgan fingerprint density at radius 1 is 1.22 bits per heavy atom. The molecule has 0 heterocycles. The molecule has 0 amide bonds. The third kappa shape index (κ3) is 3.72. The van der Waals surface area contributed by atoms with Gasteiger partial charge in [0.15, 0.2) is 0 Å². The second-order valence-corrected chi connectivity index (χ2v) is 4.89. The van der Waals surface area contributed by atoms with E-state index in [1.165, 1.54) is 18.4 Å². The highest BCUT2D eigenvalue weighted by Gasteiger charge is 2.31. The highest BCUT2D eigenvalue weighted by molar-refractivity contribution is 5.30. The monoisotopic (exact) mass is 249 g/mol. The SMILES string of the molecule is COCCCNC(c1ccc(OC)cc1)C1CC1. The molecule has 0 spiro atoms. The molecule has 3 nitrogen and oxygen atoms in total. The van der Waals surface area contributed by atoms with Crippen LogP contribution in [0.2, 0.25) is 0 Å². The molecule has 0 bridgehead atoms. The topological polar surface area (TPSA) is 30.5 Å². The molecule has 1 aliphatic rings. The van der Waals surface area contributed by atoms with Crippen molar-refractivity contribution in [2.75, 3.05) is 27.4 Å². The Balaban J connectivity index is 1.91. The molecule has 1 N–H and O–H groups in total. The van der Waals surface area contributed by atoms with Gasteiger partial charge in [-0.15, -0.1) is 0 Å². The Hall–Kier alpha value is -1.06. The molecule has 1 aromatic rings. The maximum Gasteiger partial charge on any atom is 0.118 e. The standard InChI is InChI=1S/C15H23NO2/c1-17-11-3-10-16-15(12-4-5-12)13-6-8-14(18-2)9-7-13/h6-9,12,15-16H,3-5,10-11H2,1-2H3. The lowest BCUT2D eigenvalue weighted by Gasteiger charge is -2.19. The van der Waals surface area contributed by atoms with E-state index in [1.54, 1.807) is 14.2 Å². The van der Waals surface area contributed by atoms with Crippen molar-refractivity contribution >= 4 is 0 Å². The van der Waals surface area contributed by atoms with Gasteiger partial charge in [0, 0.05) is 19.8 Å². The van der Waals surface area contributed by atoms with Crippen LogP contribution in [0, 0.1) is 5.92 Å². The van der Waals surface area contributed by atoms with Gasteiger partial charge in [-0.1, -0.05) is 12.1 Å². The number of rotatable bonds is 8. The van der Waals surface area contributed by atoms with E-state index >= 15 is 0 Å². The molecule has 1 atom stereocenters. The molecule has 0 saturated heterocycles. The van der Waals surface area contributed by atoms with Gasteiger partial charge in [0.25, 0.3) is 0 Å². The highest BCUT2D eigenvalue weighted by atomic mass is 16.5. The predicted molar refractivity (Wildman–Crippen MR) is 73.0 cm³/mol.